The Labute approximate surface area is 231 Å². The largest absolute Gasteiger partial charge is 0.390 e. The Kier molecular flexibility index (Phi) is 6.05. The molecule has 4 aliphatic carbocycles. The van der Waals surface area contributed by atoms with E-state index in [1.807, 2.05) is 29.2 Å². The average Bonchev–Trinajstić information content (AvgIpc) is 3.16. The molecule has 4 saturated carbocycles. The van der Waals surface area contributed by atoms with Crippen LogP contribution in [0.5, 0.6) is 0 Å². The minimum atomic E-state index is -3.16. The summed E-state index contributed by atoms with van der Waals surface area (Å²) in [6.45, 7) is 2.26. The third-order valence-electron chi connectivity index (χ3n) is 11.0. The second kappa shape index (κ2) is 9.06. The molecule has 0 aromatic heterocycles. The van der Waals surface area contributed by atoms with Crippen molar-refractivity contribution in [3.8, 4) is 0 Å². The van der Waals surface area contributed by atoms with Crippen molar-refractivity contribution < 1.29 is 23.4 Å². The number of urea groups is 1. The maximum Gasteiger partial charge on any atom is 0.318 e. The quantitative estimate of drug-likeness (QED) is 0.523. The van der Waals surface area contributed by atoms with Gasteiger partial charge in [-0.3, -0.25) is 0 Å². The van der Waals surface area contributed by atoms with Crippen molar-refractivity contribution in [2.24, 2.45) is 17.8 Å². The Balaban J connectivity index is 0.997. The highest BCUT2D eigenvalue weighted by Crippen LogP contribution is 2.56. The van der Waals surface area contributed by atoms with Crippen LogP contribution in [-0.4, -0.2) is 90.0 Å². The Morgan fingerprint density at radius 1 is 0.897 bits per heavy atom. The summed E-state index contributed by atoms with van der Waals surface area (Å²) in [5, 5.41) is 26.1. The van der Waals surface area contributed by atoms with Crippen molar-refractivity contribution in [3.63, 3.8) is 0 Å². The van der Waals surface area contributed by atoms with Gasteiger partial charge in [-0.2, -0.15) is 4.31 Å². The van der Waals surface area contributed by atoms with Crippen LogP contribution in [0.25, 0.3) is 0 Å². The van der Waals surface area contributed by atoms with Gasteiger partial charge in [0.25, 0.3) is 0 Å². The van der Waals surface area contributed by atoms with Gasteiger partial charge in [-0.1, -0.05) is 12.1 Å². The molecule has 0 spiro atoms. The molecule has 2 amide bonds. The first-order valence-electron chi connectivity index (χ1n) is 14.8. The van der Waals surface area contributed by atoms with Gasteiger partial charge in [-0.05, 0) is 80.4 Å². The molecule has 1 aromatic carbocycles. The monoisotopic (exact) mass is 558 g/mol. The molecule has 3 N–H and O–H groups in total. The first kappa shape index (κ1) is 26.0. The molecule has 1 aromatic rings. The zero-order valence-corrected chi connectivity index (χ0v) is 23.7. The molecule has 3 heterocycles. The van der Waals surface area contributed by atoms with E-state index in [1.165, 1.54) is 10.6 Å². The molecule has 7 aliphatic rings. The van der Waals surface area contributed by atoms with Gasteiger partial charge in [0.2, 0.25) is 10.0 Å². The predicted molar refractivity (Wildman–Crippen MR) is 148 cm³/mol. The number of sulfonamides is 1. The summed E-state index contributed by atoms with van der Waals surface area (Å²) in [5.41, 5.74) is 0.475. The molecule has 39 heavy (non-hydrogen) atoms. The highest BCUT2D eigenvalue weighted by molar-refractivity contribution is 7.88. The summed E-state index contributed by atoms with van der Waals surface area (Å²) in [6.07, 6.45) is 9.02. The van der Waals surface area contributed by atoms with Crippen molar-refractivity contribution >= 4 is 21.7 Å². The Morgan fingerprint density at radius 3 is 2.03 bits per heavy atom. The zero-order valence-electron chi connectivity index (χ0n) is 22.8. The number of fused-ring (bicyclic) bond motifs is 2. The van der Waals surface area contributed by atoms with Crippen LogP contribution in [0.3, 0.4) is 0 Å². The molecule has 9 nitrogen and oxygen atoms in total. The van der Waals surface area contributed by atoms with Gasteiger partial charge in [0, 0.05) is 62.8 Å². The Morgan fingerprint density at radius 2 is 1.49 bits per heavy atom. The van der Waals surface area contributed by atoms with Crippen LogP contribution in [0.2, 0.25) is 0 Å². The molecule has 8 rings (SSSR count). The van der Waals surface area contributed by atoms with E-state index in [0.29, 0.717) is 56.8 Å². The van der Waals surface area contributed by atoms with Crippen LogP contribution < -0.4 is 10.2 Å². The van der Waals surface area contributed by atoms with Crippen molar-refractivity contribution in [2.45, 2.75) is 87.1 Å². The molecular formula is C29H42N4O5S. The third kappa shape index (κ3) is 4.55. The summed E-state index contributed by atoms with van der Waals surface area (Å²) in [5.74, 6) is 1.39. The number of hydrogen-bond acceptors (Lipinski definition) is 6. The van der Waals surface area contributed by atoms with E-state index in [0.717, 1.165) is 56.2 Å². The molecule has 0 radical (unpaired) electrons. The average molecular weight is 559 g/mol. The van der Waals surface area contributed by atoms with Gasteiger partial charge in [0.1, 0.15) is 0 Å². The lowest BCUT2D eigenvalue weighted by Gasteiger charge is -2.58. The van der Waals surface area contributed by atoms with Crippen molar-refractivity contribution in [1.82, 2.24) is 14.5 Å². The first-order valence-corrected chi connectivity index (χ1v) is 16.7. The van der Waals surface area contributed by atoms with Crippen LogP contribution in [0.1, 0.15) is 63.4 Å². The fourth-order valence-corrected chi connectivity index (χ4v) is 10.3. The van der Waals surface area contributed by atoms with E-state index in [4.69, 9.17) is 0 Å². The second-order valence-electron chi connectivity index (χ2n) is 13.6. The van der Waals surface area contributed by atoms with E-state index in [1.54, 1.807) is 0 Å². The van der Waals surface area contributed by atoms with Crippen LogP contribution in [0.4, 0.5) is 10.5 Å². The van der Waals surface area contributed by atoms with Crippen LogP contribution in [0, 0.1) is 17.8 Å². The summed E-state index contributed by atoms with van der Waals surface area (Å²) < 4.78 is 25.2. The van der Waals surface area contributed by atoms with Gasteiger partial charge in [-0.25, -0.2) is 13.2 Å². The van der Waals surface area contributed by atoms with E-state index in [9.17, 15) is 23.4 Å². The van der Waals surface area contributed by atoms with Crippen molar-refractivity contribution in [2.75, 3.05) is 37.3 Å². The fraction of sp³-hybridized carbons (Fsp3) is 0.759. The highest BCUT2D eigenvalue weighted by atomic mass is 32.2. The number of nitrogens with zero attached hydrogens (tertiary/aromatic N) is 3. The molecule has 3 saturated heterocycles. The predicted octanol–water partition coefficient (Wildman–Crippen LogP) is 2.23. The topological polar surface area (TPSA) is 113 Å². The number of hydrogen-bond donors (Lipinski definition) is 3. The summed E-state index contributed by atoms with van der Waals surface area (Å²) in [7, 11) is -3.16. The van der Waals surface area contributed by atoms with E-state index in [2.05, 4.69) is 10.2 Å². The number of carbonyl (C=O) groups is 1. The molecule has 214 valence electrons. The van der Waals surface area contributed by atoms with Gasteiger partial charge < -0.3 is 25.3 Å². The Hall–Kier alpha value is -1.88. The number of piperidine rings is 1. The summed E-state index contributed by atoms with van der Waals surface area (Å²) >= 11 is 0. The van der Waals surface area contributed by atoms with Gasteiger partial charge in [0.05, 0.1) is 17.5 Å². The number of anilines is 1. The molecule has 5 unspecified atom stereocenters. The fourth-order valence-electron chi connectivity index (χ4n) is 9.49. The number of benzene rings is 1. The maximum atomic E-state index is 13.6. The standard InChI is InChI=1S/C29H42N4O5S/c1-39(37,38)32-10-8-31(9-11-32)23-4-2-22(3-5-23)29(36)17-24-6-7-25(18-29)33(24)27(34)30-26-20-12-19-13-21(26)16-28(35,14-19)15-20/h2-5,19-21,24-26,35-36H,6-18H2,1H3,(H,30,34)/t19?,20-,21+,24?,25?,26?,28?,29?. The van der Waals surface area contributed by atoms with Crippen LogP contribution in [0.15, 0.2) is 24.3 Å². The number of amides is 2. The van der Waals surface area contributed by atoms with E-state index < -0.39 is 21.2 Å². The number of aliphatic hydroxyl groups is 2. The lowest BCUT2D eigenvalue weighted by atomic mass is 9.52. The van der Waals surface area contributed by atoms with Gasteiger partial charge in [-0.15, -0.1) is 0 Å². The molecule has 3 aliphatic heterocycles. The number of carbonyl (C=O) groups excluding carboxylic acids is 1. The number of rotatable bonds is 4. The van der Waals surface area contributed by atoms with Crippen LogP contribution >= 0.6 is 0 Å². The van der Waals surface area contributed by atoms with Crippen LogP contribution in [-0.2, 0) is 15.6 Å². The number of piperazine rings is 1. The van der Waals surface area contributed by atoms with Gasteiger partial charge in [0.15, 0.2) is 0 Å². The maximum absolute atomic E-state index is 13.6. The minimum Gasteiger partial charge on any atom is -0.390 e. The SMILES string of the molecule is CS(=O)(=O)N1CCN(c2ccc(C3(O)CC4CCC(C3)N4C(=O)NC3[C@@H]4CC5C[C@H]3CC(O)(C5)C4)cc2)CC1. The van der Waals surface area contributed by atoms with E-state index >= 15 is 0 Å². The zero-order chi connectivity index (χ0) is 27.2. The molecule has 7 atom stereocenters. The minimum absolute atomic E-state index is 0.0256. The van der Waals surface area contributed by atoms with Crippen molar-refractivity contribution in [3.05, 3.63) is 29.8 Å². The molecule has 10 heteroatoms. The second-order valence-corrected chi connectivity index (χ2v) is 15.6. The third-order valence-corrected chi connectivity index (χ3v) is 12.3. The first-order chi connectivity index (χ1) is 18.5. The Bertz CT molecular complexity index is 1200. The number of nitrogens with one attached hydrogen (secondary N) is 1. The van der Waals surface area contributed by atoms with E-state index in [-0.39, 0.29) is 24.2 Å². The molecule has 6 bridgehead atoms. The smallest absolute Gasteiger partial charge is 0.318 e. The lowest BCUT2D eigenvalue weighted by molar-refractivity contribution is -0.137. The lowest BCUT2D eigenvalue weighted by Crippen LogP contribution is -2.64. The molecule has 7 fully saturated rings. The summed E-state index contributed by atoms with van der Waals surface area (Å²) in [6, 6.07) is 8.32. The molecular weight excluding hydrogens is 516 g/mol. The highest BCUT2D eigenvalue weighted by Gasteiger charge is 2.56. The summed E-state index contributed by atoms with van der Waals surface area (Å²) in [4.78, 5) is 17.8. The normalized spacial score (nSPS) is 41.7. The van der Waals surface area contributed by atoms with Gasteiger partial charge >= 0.3 is 6.03 Å². The van der Waals surface area contributed by atoms with Crippen molar-refractivity contribution in [1.29, 1.82) is 0 Å².